The van der Waals surface area contributed by atoms with Crippen molar-refractivity contribution >= 4 is 17.4 Å². The quantitative estimate of drug-likeness (QED) is 0.705. The van der Waals surface area contributed by atoms with Crippen molar-refractivity contribution in [3.05, 3.63) is 47.2 Å². The molecule has 0 atom stereocenters. The summed E-state index contributed by atoms with van der Waals surface area (Å²) in [4.78, 5) is 14.4. The second-order valence-electron chi connectivity index (χ2n) is 4.87. The van der Waals surface area contributed by atoms with Crippen LogP contribution in [0.2, 0.25) is 5.02 Å². The molecule has 0 radical (unpaired) electrons. The van der Waals surface area contributed by atoms with E-state index in [1.165, 1.54) is 0 Å². The van der Waals surface area contributed by atoms with E-state index in [9.17, 15) is 4.79 Å². The first-order valence-electron chi connectivity index (χ1n) is 7.25. The Hall–Kier alpha value is -1.58. The number of nitrogens with zero attached hydrogens (tertiary/aromatic N) is 1. The average Bonchev–Trinajstić information content (AvgIpc) is 2.99. The Morgan fingerprint density at radius 3 is 2.38 bits per heavy atom. The monoisotopic (exact) mass is 305 g/mol. The molecule has 0 fully saturated rings. The molecular formula is C17H20ClNO2. The Morgan fingerprint density at radius 1 is 1.10 bits per heavy atom. The maximum Gasteiger partial charge on any atom is 0.199 e. The molecule has 2 aromatic rings. The summed E-state index contributed by atoms with van der Waals surface area (Å²) in [7, 11) is 0. The summed E-state index contributed by atoms with van der Waals surface area (Å²) in [6, 6.07) is 10.9. The zero-order valence-electron chi connectivity index (χ0n) is 12.4. The topological polar surface area (TPSA) is 33.5 Å². The number of hydrogen-bond donors (Lipinski definition) is 0. The molecule has 0 saturated heterocycles. The first-order valence-corrected chi connectivity index (χ1v) is 7.63. The van der Waals surface area contributed by atoms with Gasteiger partial charge in [0.2, 0.25) is 0 Å². The number of Topliss-reactive ketones (excluding diaryl/α,β-unsaturated/α-hetero) is 1. The third-order valence-electron chi connectivity index (χ3n) is 3.56. The van der Waals surface area contributed by atoms with Crippen molar-refractivity contribution in [2.45, 2.75) is 20.3 Å². The predicted molar refractivity (Wildman–Crippen MR) is 85.9 cm³/mol. The fourth-order valence-corrected chi connectivity index (χ4v) is 2.31. The molecule has 0 spiro atoms. The van der Waals surface area contributed by atoms with E-state index >= 15 is 0 Å². The first-order chi connectivity index (χ1) is 10.1. The van der Waals surface area contributed by atoms with Crippen molar-refractivity contribution in [3.63, 3.8) is 0 Å². The molecule has 0 saturated carbocycles. The molecule has 112 valence electrons. The lowest BCUT2D eigenvalue weighted by Crippen LogP contribution is -2.25. The summed E-state index contributed by atoms with van der Waals surface area (Å²) in [6.07, 6.45) is 0.481. The van der Waals surface area contributed by atoms with Crippen molar-refractivity contribution in [3.8, 4) is 11.3 Å². The normalized spacial score (nSPS) is 11.0. The van der Waals surface area contributed by atoms with Crippen LogP contribution in [0, 0.1) is 0 Å². The van der Waals surface area contributed by atoms with E-state index in [-0.39, 0.29) is 5.78 Å². The van der Waals surface area contributed by atoms with E-state index in [1.54, 1.807) is 18.2 Å². The van der Waals surface area contributed by atoms with Gasteiger partial charge in [-0.3, -0.25) is 4.79 Å². The molecule has 0 N–H and O–H groups in total. The highest BCUT2D eigenvalue weighted by Crippen LogP contribution is 2.24. The summed E-state index contributed by atoms with van der Waals surface area (Å²) in [5, 5.41) is 0.681. The molecule has 0 aliphatic carbocycles. The van der Waals surface area contributed by atoms with Gasteiger partial charge in [-0.05, 0) is 49.5 Å². The lowest BCUT2D eigenvalue weighted by atomic mass is 10.2. The number of halogens is 1. The number of ketones is 1. The molecule has 0 unspecified atom stereocenters. The lowest BCUT2D eigenvalue weighted by Gasteiger charge is -2.16. The van der Waals surface area contributed by atoms with Crippen LogP contribution in [0.1, 0.15) is 30.8 Å². The number of hydrogen-bond acceptors (Lipinski definition) is 3. The molecular weight excluding hydrogens is 286 g/mol. The van der Waals surface area contributed by atoms with E-state index in [1.807, 2.05) is 18.2 Å². The zero-order chi connectivity index (χ0) is 15.2. The van der Waals surface area contributed by atoms with Crippen LogP contribution in [0.15, 0.2) is 40.8 Å². The third kappa shape index (κ3) is 4.19. The van der Waals surface area contributed by atoms with Gasteiger partial charge in [0.15, 0.2) is 11.5 Å². The second-order valence-corrected chi connectivity index (χ2v) is 5.31. The number of furan rings is 1. The van der Waals surface area contributed by atoms with Crippen molar-refractivity contribution in [1.82, 2.24) is 4.90 Å². The molecule has 2 rings (SSSR count). The molecule has 0 amide bonds. The van der Waals surface area contributed by atoms with E-state index in [2.05, 4.69) is 18.7 Å². The zero-order valence-corrected chi connectivity index (χ0v) is 13.2. The highest BCUT2D eigenvalue weighted by atomic mass is 35.5. The Morgan fingerprint density at radius 2 is 1.76 bits per heavy atom. The van der Waals surface area contributed by atoms with E-state index < -0.39 is 0 Å². The van der Waals surface area contributed by atoms with E-state index in [0.29, 0.717) is 23.0 Å². The largest absolute Gasteiger partial charge is 0.453 e. The number of benzene rings is 1. The van der Waals surface area contributed by atoms with Gasteiger partial charge in [-0.1, -0.05) is 25.4 Å². The SMILES string of the molecule is CCN(CC)CCC(=O)c1ccc(-c2ccc(Cl)cc2)o1. The molecule has 0 bridgehead atoms. The molecule has 1 heterocycles. The van der Waals surface area contributed by atoms with Gasteiger partial charge < -0.3 is 9.32 Å². The molecule has 4 heteroatoms. The summed E-state index contributed by atoms with van der Waals surface area (Å²) >= 11 is 5.86. The molecule has 3 nitrogen and oxygen atoms in total. The predicted octanol–water partition coefficient (Wildman–Crippen LogP) is 4.51. The Kier molecular flexibility index (Phi) is 5.59. The van der Waals surface area contributed by atoms with Crippen molar-refractivity contribution in [2.75, 3.05) is 19.6 Å². The van der Waals surface area contributed by atoms with Gasteiger partial charge in [-0.2, -0.15) is 0 Å². The number of rotatable bonds is 7. The molecule has 0 aliphatic heterocycles. The van der Waals surface area contributed by atoms with Crippen molar-refractivity contribution in [1.29, 1.82) is 0 Å². The van der Waals surface area contributed by atoms with Gasteiger partial charge in [0.1, 0.15) is 5.76 Å². The van der Waals surface area contributed by atoms with Gasteiger partial charge in [0, 0.05) is 23.6 Å². The van der Waals surface area contributed by atoms with Gasteiger partial charge in [-0.15, -0.1) is 0 Å². The van der Waals surface area contributed by atoms with Crippen LogP contribution in [0.5, 0.6) is 0 Å². The van der Waals surface area contributed by atoms with Crippen molar-refractivity contribution < 1.29 is 9.21 Å². The third-order valence-corrected chi connectivity index (χ3v) is 3.81. The standard InChI is InChI=1S/C17H20ClNO2/c1-3-19(4-2)12-11-15(20)17-10-9-16(21-17)13-5-7-14(18)8-6-13/h5-10H,3-4,11-12H2,1-2H3. The van der Waals surface area contributed by atoms with E-state index in [4.69, 9.17) is 16.0 Å². The summed E-state index contributed by atoms with van der Waals surface area (Å²) in [5.41, 5.74) is 0.919. The minimum atomic E-state index is 0.0436. The maximum atomic E-state index is 12.1. The van der Waals surface area contributed by atoms with Gasteiger partial charge in [0.25, 0.3) is 0 Å². The lowest BCUT2D eigenvalue weighted by molar-refractivity contribution is 0.0940. The minimum absolute atomic E-state index is 0.0436. The first kappa shape index (κ1) is 15.8. The minimum Gasteiger partial charge on any atom is -0.453 e. The van der Waals surface area contributed by atoms with Crippen LogP contribution in [0.3, 0.4) is 0 Å². The van der Waals surface area contributed by atoms with Gasteiger partial charge >= 0.3 is 0 Å². The number of carbonyl (C=O) groups excluding carboxylic acids is 1. The molecule has 21 heavy (non-hydrogen) atoms. The summed E-state index contributed by atoms with van der Waals surface area (Å²) in [6.45, 7) is 6.87. The number of carbonyl (C=O) groups is 1. The van der Waals surface area contributed by atoms with Crippen molar-refractivity contribution in [2.24, 2.45) is 0 Å². The highest BCUT2D eigenvalue weighted by molar-refractivity contribution is 6.30. The Bertz CT molecular complexity index is 585. The Labute approximate surface area is 130 Å². The van der Waals surface area contributed by atoms with Crippen LogP contribution in [0.4, 0.5) is 0 Å². The summed E-state index contributed by atoms with van der Waals surface area (Å²) < 4.78 is 5.66. The van der Waals surface area contributed by atoms with Crippen LogP contribution in [0.25, 0.3) is 11.3 Å². The smallest absolute Gasteiger partial charge is 0.199 e. The van der Waals surface area contributed by atoms with Gasteiger partial charge in [-0.25, -0.2) is 0 Å². The Balaban J connectivity index is 2.02. The van der Waals surface area contributed by atoms with Crippen LogP contribution >= 0.6 is 11.6 Å². The maximum absolute atomic E-state index is 12.1. The van der Waals surface area contributed by atoms with Crippen LogP contribution in [-0.4, -0.2) is 30.3 Å². The van der Waals surface area contributed by atoms with Crippen LogP contribution < -0.4 is 0 Å². The molecule has 0 aliphatic rings. The second kappa shape index (κ2) is 7.43. The van der Waals surface area contributed by atoms with Gasteiger partial charge in [0.05, 0.1) is 0 Å². The molecule has 1 aromatic carbocycles. The fourth-order valence-electron chi connectivity index (χ4n) is 2.18. The van der Waals surface area contributed by atoms with E-state index in [0.717, 1.165) is 25.2 Å². The van der Waals surface area contributed by atoms with Crippen LogP contribution in [-0.2, 0) is 0 Å². The molecule has 1 aromatic heterocycles. The average molecular weight is 306 g/mol. The summed E-state index contributed by atoms with van der Waals surface area (Å²) in [5.74, 6) is 1.16. The fraction of sp³-hybridized carbons (Fsp3) is 0.353. The highest BCUT2D eigenvalue weighted by Gasteiger charge is 2.13.